The maximum Gasteiger partial charge on any atom is 0.328 e. The molecule has 2 aromatic carbocycles. The molecular weight excluding hydrogens is 358 g/mol. The third kappa shape index (κ3) is 4.64. The quantitative estimate of drug-likeness (QED) is 0.618. The number of carbonyl (C=O) groups is 2. The van der Waals surface area contributed by atoms with Gasteiger partial charge >= 0.3 is 5.97 Å². The minimum Gasteiger partial charge on any atom is -0.497 e. The minimum atomic E-state index is -1.18. The molecule has 1 heterocycles. The largest absolute Gasteiger partial charge is 0.497 e. The van der Waals surface area contributed by atoms with Crippen LogP contribution in [0.25, 0.3) is 16.9 Å². The van der Waals surface area contributed by atoms with Crippen LogP contribution in [0, 0.1) is 0 Å². The molecule has 0 aliphatic carbocycles. The summed E-state index contributed by atoms with van der Waals surface area (Å²) in [6.07, 6.45) is 3.63. The van der Waals surface area contributed by atoms with Gasteiger partial charge in [-0.05, 0) is 36.4 Å². The number of nitrogens with zero attached hydrogens (tertiary/aromatic N) is 2. The molecule has 7 nitrogen and oxygen atoms in total. The zero-order valence-electron chi connectivity index (χ0n) is 15.2. The molecule has 0 saturated carbocycles. The molecule has 0 fully saturated rings. The smallest absolute Gasteiger partial charge is 0.328 e. The molecule has 0 spiro atoms. The average molecular weight is 377 g/mol. The zero-order valence-corrected chi connectivity index (χ0v) is 15.2. The second-order valence-electron chi connectivity index (χ2n) is 5.90. The number of carbonyl (C=O) groups excluding carboxylic acids is 1. The van der Waals surface area contributed by atoms with E-state index in [9.17, 15) is 9.59 Å². The highest BCUT2D eigenvalue weighted by molar-refractivity contribution is 5.93. The number of aliphatic carboxylic acids is 1. The molecule has 1 aromatic heterocycles. The van der Waals surface area contributed by atoms with Crippen LogP contribution in [0.15, 0.2) is 72.9 Å². The fourth-order valence-corrected chi connectivity index (χ4v) is 2.63. The Kier molecular flexibility index (Phi) is 5.86. The van der Waals surface area contributed by atoms with E-state index in [2.05, 4.69) is 10.4 Å². The van der Waals surface area contributed by atoms with Crippen LogP contribution in [0.5, 0.6) is 5.75 Å². The summed E-state index contributed by atoms with van der Waals surface area (Å²) in [4.78, 5) is 22.4. The van der Waals surface area contributed by atoms with Crippen molar-refractivity contribution in [3.05, 3.63) is 78.5 Å². The lowest BCUT2D eigenvalue weighted by molar-refractivity contribution is -0.131. The first-order chi connectivity index (χ1) is 13.6. The third-order valence-electron chi connectivity index (χ3n) is 4.00. The number of aromatic nitrogens is 2. The molecular formula is C21H19N3O4. The van der Waals surface area contributed by atoms with Crippen LogP contribution in [0.2, 0.25) is 0 Å². The van der Waals surface area contributed by atoms with E-state index in [-0.39, 0.29) is 6.54 Å². The predicted molar refractivity (Wildman–Crippen MR) is 104 cm³/mol. The molecule has 0 aliphatic heterocycles. The van der Waals surface area contributed by atoms with Crippen LogP contribution in [-0.4, -0.2) is 33.9 Å². The van der Waals surface area contributed by atoms with Crippen molar-refractivity contribution in [2.75, 3.05) is 7.11 Å². The first kappa shape index (κ1) is 18.9. The molecule has 0 aliphatic rings. The second kappa shape index (κ2) is 8.68. The summed E-state index contributed by atoms with van der Waals surface area (Å²) in [5.74, 6) is -0.929. The van der Waals surface area contributed by atoms with Gasteiger partial charge in [-0.25, -0.2) is 9.48 Å². The standard InChI is InChI=1S/C21H19N3O4/c1-28-18-9-7-15(8-10-18)21-16(13-22-19(25)11-12-20(26)27)14-24(23-21)17-5-3-2-4-6-17/h2-12,14H,13H2,1H3,(H,22,25)(H,26,27)/b12-11+. The Labute approximate surface area is 161 Å². The van der Waals surface area contributed by atoms with E-state index < -0.39 is 11.9 Å². The maximum atomic E-state index is 11.8. The van der Waals surface area contributed by atoms with Gasteiger partial charge in [0, 0.05) is 36.0 Å². The topological polar surface area (TPSA) is 93.5 Å². The van der Waals surface area contributed by atoms with Crippen molar-refractivity contribution >= 4 is 11.9 Å². The van der Waals surface area contributed by atoms with Crippen molar-refractivity contribution in [2.24, 2.45) is 0 Å². The Bertz CT molecular complexity index is 992. The number of ether oxygens (including phenoxy) is 1. The van der Waals surface area contributed by atoms with E-state index in [1.165, 1.54) is 0 Å². The van der Waals surface area contributed by atoms with Crippen LogP contribution in [0.1, 0.15) is 5.56 Å². The SMILES string of the molecule is COc1ccc(-c2nn(-c3ccccc3)cc2CNC(=O)/C=C/C(=O)O)cc1. The van der Waals surface area contributed by atoms with Gasteiger partial charge in [-0.3, -0.25) is 4.79 Å². The van der Waals surface area contributed by atoms with Gasteiger partial charge in [0.05, 0.1) is 18.5 Å². The fourth-order valence-electron chi connectivity index (χ4n) is 2.63. The zero-order chi connectivity index (χ0) is 19.9. The number of para-hydroxylation sites is 1. The van der Waals surface area contributed by atoms with Crippen molar-refractivity contribution in [1.29, 1.82) is 0 Å². The first-order valence-electron chi connectivity index (χ1n) is 8.54. The van der Waals surface area contributed by atoms with Gasteiger partial charge in [-0.1, -0.05) is 18.2 Å². The van der Waals surface area contributed by atoms with Gasteiger partial charge in [-0.2, -0.15) is 5.10 Å². The van der Waals surface area contributed by atoms with Gasteiger partial charge in [0.1, 0.15) is 5.75 Å². The third-order valence-corrected chi connectivity index (χ3v) is 4.00. The van der Waals surface area contributed by atoms with E-state index in [1.54, 1.807) is 11.8 Å². The maximum absolute atomic E-state index is 11.8. The average Bonchev–Trinajstić information content (AvgIpc) is 3.15. The summed E-state index contributed by atoms with van der Waals surface area (Å²) >= 11 is 0. The lowest BCUT2D eigenvalue weighted by Crippen LogP contribution is -2.20. The van der Waals surface area contributed by atoms with Crippen LogP contribution in [-0.2, 0) is 16.1 Å². The first-order valence-corrected chi connectivity index (χ1v) is 8.54. The lowest BCUT2D eigenvalue weighted by Gasteiger charge is -2.05. The number of hydrogen-bond acceptors (Lipinski definition) is 4. The molecule has 0 unspecified atom stereocenters. The molecule has 3 aromatic rings. The molecule has 0 atom stereocenters. The molecule has 28 heavy (non-hydrogen) atoms. The summed E-state index contributed by atoms with van der Waals surface area (Å²) in [5.41, 5.74) is 3.28. The Morgan fingerprint density at radius 3 is 2.46 bits per heavy atom. The highest BCUT2D eigenvalue weighted by Crippen LogP contribution is 2.25. The molecule has 2 N–H and O–H groups in total. The van der Waals surface area contributed by atoms with Crippen LogP contribution >= 0.6 is 0 Å². The van der Waals surface area contributed by atoms with Gasteiger partial charge in [-0.15, -0.1) is 0 Å². The molecule has 1 amide bonds. The Balaban J connectivity index is 1.90. The Hall–Kier alpha value is -3.87. The number of carboxylic acids is 1. The number of amides is 1. The van der Waals surface area contributed by atoms with E-state index >= 15 is 0 Å². The van der Waals surface area contributed by atoms with Crippen molar-refractivity contribution in [1.82, 2.24) is 15.1 Å². The van der Waals surface area contributed by atoms with E-state index in [0.717, 1.165) is 34.7 Å². The monoisotopic (exact) mass is 377 g/mol. The predicted octanol–water partition coefficient (Wildman–Crippen LogP) is 2.80. The fraction of sp³-hybridized carbons (Fsp3) is 0.0952. The number of hydrogen-bond donors (Lipinski definition) is 2. The second-order valence-corrected chi connectivity index (χ2v) is 5.90. The summed E-state index contributed by atoms with van der Waals surface area (Å²) in [7, 11) is 1.60. The number of benzene rings is 2. The van der Waals surface area contributed by atoms with Crippen molar-refractivity contribution in [3.8, 4) is 22.7 Å². The molecule has 0 saturated heterocycles. The normalized spacial score (nSPS) is 10.8. The van der Waals surface area contributed by atoms with Crippen molar-refractivity contribution < 1.29 is 19.4 Å². The lowest BCUT2D eigenvalue weighted by atomic mass is 10.1. The summed E-state index contributed by atoms with van der Waals surface area (Å²) < 4.78 is 6.94. The number of rotatable bonds is 7. The highest BCUT2D eigenvalue weighted by atomic mass is 16.5. The molecule has 0 bridgehead atoms. The van der Waals surface area contributed by atoms with Gasteiger partial charge in [0.2, 0.25) is 5.91 Å². The number of methoxy groups -OCH3 is 1. The van der Waals surface area contributed by atoms with Crippen LogP contribution < -0.4 is 10.1 Å². The Morgan fingerprint density at radius 1 is 1.11 bits per heavy atom. The molecule has 0 radical (unpaired) electrons. The van der Waals surface area contributed by atoms with Gasteiger partial charge in [0.25, 0.3) is 0 Å². The summed E-state index contributed by atoms with van der Waals surface area (Å²) in [6, 6.07) is 17.1. The molecule has 7 heteroatoms. The van der Waals surface area contributed by atoms with Gasteiger partial charge < -0.3 is 15.2 Å². The van der Waals surface area contributed by atoms with E-state index in [4.69, 9.17) is 9.84 Å². The van der Waals surface area contributed by atoms with E-state index in [0.29, 0.717) is 5.69 Å². The minimum absolute atomic E-state index is 0.205. The highest BCUT2D eigenvalue weighted by Gasteiger charge is 2.13. The Morgan fingerprint density at radius 2 is 1.82 bits per heavy atom. The van der Waals surface area contributed by atoms with Crippen LogP contribution in [0.4, 0.5) is 0 Å². The van der Waals surface area contributed by atoms with E-state index in [1.807, 2.05) is 60.8 Å². The van der Waals surface area contributed by atoms with Crippen LogP contribution in [0.3, 0.4) is 0 Å². The number of nitrogens with one attached hydrogen (secondary N) is 1. The van der Waals surface area contributed by atoms with Crippen molar-refractivity contribution in [3.63, 3.8) is 0 Å². The number of carboxylic acid groups (broad SMARTS) is 1. The molecule has 142 valence electrons. The van der Waals surface area contributed by atoms with Gasteiger partial charge in [0.15, 0.2) is 0 Å². The summed E-state index contributed by atoms with van der Waals surface area (Å²) in [6.45, 7) is 0.205. The van der Waals surface area contributed by atoms with Crippen molar-refractivity contribution in [2.45, 2.75) is 6.54 Å². The molecule has 3 rings (SSSR count). The summed E-state index contributed by atoms with van der Waals surface area (Å²) in [5, 5.41) is 16.0.